The molecule has 1 amide bonds. The zero-order valence-corrected chi connectivity index (χ0v) is 19.0. The van der Waals surface area contributed by atoms with Gasteiger partial charge >= 0.3 is 0 Å². The van der Waals surface area contributed by atoms with E-state index in [1.54, 1.807) is 6.07 Å². The van der Waals surface area contributed by atoms with Gasteiger partial charge < -0.3 is 5.32 Å². The number of carbonyl (C=O) groups is 1. The molecule has 6 nitrogen and oxygen atoms in total. The third-order valence-electron chi connectivity index (χ3n) is 4.54. The number of amides is 1. The topological polar surface area (TPSA) is 71.3 Å². The molecule has 0 aliphatic heterocycles. The van der Waals surface area contributed by atoms with Crippen LogP contribution in [0.15, 0.2) is 64.2 Å². The first-order valence-corrected chi connectivity index (χ1v) is 10.7. The number of aromatic nitrogens is 2. The van der Waals surface area contributed by atoms with Crippen LogP contribution in [0.4, 0.5) is 5.69 Å². The van der Waals surface area contributed by atoms with Crippen LogP contribution in [0.3, 0.4) is 0 Å². The summed E-state index contributed by atoms with van der Waals surface area (Å²) in [5, 5.41) is 10.7. The number of nitrogens with zero attached hydrogens (tertiary/aromatic N) is 3. The molecular weight excluding hydrogens is 442 g/mol. The maximum absolute atomic E-state index is 12.8. The van der Waals surface area contributed by atoms with Gasteiger partial charge in [-0.2, -0.15) is 5.10 Å². The van der Waals surface area contributed by atoms with E-state index < -0.39 is 0 Å². The van der Waals surface area contributed by atoms with Gasteiger partial charge in [0.1, 0.15) is 0 Å². The standard InChI is InChI=1S/C23H26BrN5O/c1-4-12-29-15-18(17(3)28-29)14-25-23(26-19-9-7-8-16(2)13-19)27-22(30)20-10-5-6-11-21(20)24/h5-11,13,15H,4,12,14H2,1-3H3,(H2,25,26,27,30). The molecule has 7 heteroatoms. The fourth-order valence-corrected chi connectivity index (χ4v) is 3.48. The molecule has 156 valence electrons. The highest BCUT2D eigenvalue weighted by Gasteiger charge is 2.13. The Kier molecular flexibility index (Phi) is 7.41. The van der Waals surface area contributed by atoms with Crippen LogP contribution in [0.5, 0.6) is 0 Å². The van der Waals surface area contributed by atoms with Crippen LogP contribution >= 0.6 is 15.9 Å². The van der Waals surface area contributed by atoms with Crippen LogP contribution in [0.25, 0.3) is 0 Å². The Morgan fingerprint density at radius 1 is 1.17 bits per heavy atom. The SMILES string of the molecule is CCCn1cc(CN=C(NC(=O)c2ccccc2Br)Nc2cccc(C)c2)c(C)n1. The first-order chi connectivity index (χ1) is 14.5. The highest BCUT2D eigenvalue weighted by molar-refractivity contribution is 9.10. The highest BCUT2D eigenvalue weighted by atomic mass is 79.9. The lowest BCUT2D eigenvalue weighted by molar-refractivity contribution is 0.0976. The lowest BCUT2D eigenvalue weighted by Gasteiger charge is -2.13. The molecule has 30 heavy (non-hydrogen) atoms. The minimum atomic E-state index is -0.236. The molecule has 0 aliphatic carbocycles. The van der Waals surface area contributed by atoms with Gasteiger partial charge in [-0.3, -0.25) is 14.8 Å². The van der Waals surface area contributed by atoms with Gasteiger partial charge in [0.2, 0.25) is 5.96 Å². The fraction of sp³-hybridized carbons (Fsp3) is 0.261. The van der Waals surface area contributed by atoms with Crippen LogP contribution in [0.1, 0.15) is 40.5 Å². The van der Waals surface area contributed by atoms with Crippen LogP contribution in [0.2, 0.25) is 0 Å². The van der Waals surface area contributed by atoms with Crippen molar-refractivity contribution in [3.8, 4) is 0 Å². The predicted octanol–water partition coefficient (Wildman–Crippen LogP) is 5.07. The van der Waals surface area contributed by atoms with E-state index in [9.17, 15) is 4.79 Å². The van der Waals surface area contributed by atoms with Crippen molar-refractivity contribution >= 4 is 33.5 Å². The normalized spacial score (nSPS) is 11.4. The number of hydrogen-bond donors (Lipinski definition) is 2. The molecule has 2 aromatic carbocycles. The molecule has 3 rings (SSSR count). The van der Waals surface area contributed by atoms with E-state index in [-0.39, 0.29) is 5.91 Å². The molecule has 0 saturated heterocycles. The number of carbonyl (C=O) groups excluding carboxylic acids is 1. The van der Waals surface area contributed by atoms with Crippen LogP contribution in [-0.2, 0) is 13.1 Å². The van der Waals surface area contributed by atoms with Crippen molar-refractivity contribution in [2.75, 3.05) is 5.32 Å². The Morgan fingerprint density at radius 2 is 1.97 bits per heavy atom. The first-order valence-electron chi connectivity index (χ1n) is 9.93. The number of rotatable bonds is 6. The second-order valence-corrected chi connectivity index (χ2v) is 7.95. The predicted molar refractivity (Wildman–Crippen MR) is 125 cm³/mol. The average molecular weight is 468 g/mol. The molecule has 3 aromatic rings. The molecule has 0 radical (unpaired) electrons. The molecular formula is C23H26BrN5O. The maximum Gasteiger partial charge on any atom is 0.259 e. The van der Waals surface area contributed by atoms with Gasteiger partial charge in [0, 0.05) is 28.5 Å². The molecule has 0 spiro atoms. The van der Waals surface area contributed by atoms with Crippen molar-refractivity contribution in [1.82, 2.24) is 15.1 Å². The van der Waals surface area contributed by atoms with Crippen molar-refractivity contribution < 1.29 is 4.79 Å². The summed E-state index contributed by atoms with van der Waals surface area (Å²) in [5.41, 5.74) is 4.50. The number of halogens is 1. The Morgan fingerprint density at radius 3 is 2.70 bits per heavy atom. The summed E-state index contributed by atoms with van der Waals surface area (Å²) >= 11 is 3.43. The van der Waals surface area contributed by atoms with E-state index in [4.69, 9.17) is 0 Å². The van der Waals surface area contributed by atoms with Gasteiger partial charge in [-0.05, 0) is 66.0 Å². The summed E-state index contributed by atoms with van der Waals surface area (Å²) in [5.74, 6) is 0.156. The Hall–Kier alpha value is -2.93. The Labute approximate surface area is 185 Å². The van der Waals surface area contributed by atoms with Crippen LogP contribution in [-0.4, -0.2) is 21.6 Å². The molecule has 0 unspecified atom stereocenters. The molecule has 0 aliphatic rings. The summed E-state index contributed by atoms with van der Waals surface area (Å²) < 4.78 is 2.67. The Bertz CT molecular complexity index is 1060. The summed E-state index contributed by atoms with van der Waals surface area (Å²) in [6.07, 6.45) is 3.04. The molecule has 0 bridgehead atoms. The van der Waals surface area contributed by atoms with Gasteiger partial charge in [-0.1, -0.05) is 31.2 Å². The van der Waals surface area contributed by atoms with E-state index in [1.807, 2.05) is 67.2 Å². The smallest absolute Gasteiger partial charge is 0.259 e. The maximum atomic E-state index is 12.8. The minimum Gasteiger partial charge on any atom is -0.326 e. The summed E-state index contributed by atoms with van der Waals surface area (Å²) in [6.45, 7) is 7.41. The van der Waals surface area contributed by atoms with Crippen molar-refractivity contribution in [1.29, 1.82) is 0 Å². The summed E-state index contributed by atoms with van der Waals surface area (Å²) in [4.78, 5) is 17.5. The molecule has 1 aromatic heterocycles. The fourth-order valence-electron chi connectivity index (χ4n) is 3.01. The average Bonchev–Trinajstić information content (AvgIpc) is 3.06. The summed E-state index contributed by atoms with van der Waals surface area (Å²) in [6, 6.07) is 15.2. The third-order valence-corrected chi connectivity index (χ3v) is 5.23. The van der Waals surface area contributed by atoms with E-state index >= 15 is 0 Å². The van der Waals surface area contributed by atoms with E-state index in [0.717, 1.165) is 39.9 Å². The monoisotopic (exact) mass is 467 g/mol. The quantitative estimate of drug-likeness (QED) is 0.392. The minimum absolute atomic E-state index is 0.236. The van der Waals surface area contributed by atoms with Gasteiger partial charge in [0.25, 0.3) is 5.91 Å². The van der Waals surface area contributed by atoms with Crippen LogP contribution in [0, 0.1) is 13.8 Å². The number of guanidine groups is 1. The highest BCUT2D eigenvalue weighted by Crippen LogP contribution is 2.16. The van der Waals surface area contributed by atoms with Gasteiger partial charge in [0.15, 0.2) is 0 Å². The van der Waals surface area contributed by atoms with E-state index in [0.29, 0.717) is 18.1 Å². The number of aryl methyl sites for hydroxylation is 3. The van der Waals surface area contributed by atoms with Gasteiger partial charge in [-0.15, -0.1) is 0 Å². The molecule has 0 atom stereocenters. The Balaban J connectivity index is 1.84. The number of benzene rings is 2. The van der Waals surface area contributed by atoms with Crippen molar-refractivity contribution in [2.45, 2.75) is 40.3 Å². The third kappa shape index (κ3) is 5.79. The zero-order valence-electron chi connectivity index (χ0n) is 17.4. The number of anilines is 1. The molecule has 1 heterocycles. The van der Waals surface area contributed by atoms with Gasteiger partial charge in [-0.25, -0.2) is 4.99 Å². The lowest BCUT2D eigenvalue weighted by atomic mass is 10.2. The second kappa shape index (κ2) is 10.2. The van der Waals surface area contributed by atoms with E-state index in [1.165, 1.54) is 0 Å². The molecule has 0 fully saturated rings. The second-order valence-electron chi connectivity index (χ2n) is 7.10. The summed E-state index contributed by atoms with van der Waals surface area (Å²) in [7, 11) is 0. The zero-order chi connectivity index (χ0) is 21.5. The number of nitrogens with one attached hydrogen (secondary N) is 2. The largest absolute Gasteiger partial charge is 0.326 e. The van der Waals surface area contributed by atoms with Crippen LogP contribution < -0.4 is 10.6 Å². The van der Waals surface area contributed by atoms with E-state index in [2.05, 4.69) is 43.6 Å². The first kappa shape index (κ1) is 21.8. The van der Waals surface area contributed by atoms with Crippen molar-refractivity contribution in [3.05, 3.63) is 81.6 Å². The molecule has 2 N–H and O–H groups in total. The van der Waals surface area contributed by atoms with Crippen molar-refractivity contribution in [2.24, 2.45) is 4.99 Å². The number of aliphatic imine (C=N–C) groups is 1. The molecule has 0 saturated carbocycles. The van der Waals surface area contributed by atoms with Gasteiger partial charge in [0.05, 0.1) is 17.8 Å². The number of hydrogen-bond acceptors (Lipinski definition) is 3. The van der Waals surface area contributed by atoms with Crippen molar-refractivity contribution in [3.63, 3.8) is 0 Å². The lowest BCUT2D eigenvalue weighted by Crippen LogP contribution is -2.36.